The molecule has 1 unspecified atom stereocenters. The van der Waals surface area contributed by atoms with Crippen molar-refractivity contribution in [2.24, 2.45) is 0 Å². The van der Waals surface area contributed by atoms with Crippen LogP contribution < -0.4 is 4.72 Å². The minimum Gasteiger partial charge on any atom is -0.478 e. The summed E-state index contributed by atoms with van der Waals surface area (Å²) in [5.41, 5.74) is -0.229. The molecule has 1 aromatic rings. The van der Waals surface area contributed by atoms with E-state index in [1.807, 2.05) is 4.72 Å². The van der Waals surface area contributed by atoms with Crippen LogP contribution in [-0.4, -0.2) is 49.0 Å². The van der Waals surface area contributed by atoms with Crippen LogP contribution in [0, 0.1) is 0 Å². The van der Waals surface area contributed by atoms with Gasteiger partial charge in [0.15, 0.2) is 0 Å². The lowest BCUT2D eigenvalue weighted by molar-refractivity contribution is 0.0696. The molecule has 4 N–H and O–H groups in total. The van der Waals surface area contributed by atoms with E-state index in [0.717, 1.165) is 12.1 Å². The number of hydrogen-bond donors (Lipinski definition) is 4. The average Bonchev–Trinajstić information content (AvgIpc) is 2.36. The van der Waals surface area contributed by atoms with Gasteiger partial charge in [-0.25, -0.2) is 17.9 Å². The molecule has 106 valence electrons. The molecule has 0 spiro atoms. The Labute approximate surface area is 114 Å². The van der Waals surface area contributed by atoms with Gasteiger partial charge in [-0.05, 0) is 18.2 Å². The number of halogens is 1. The minimum atomic E-state index is -4.07. The van der Waals surface area contributed by atoms with Gasteiger partial charge in [-0.2, -0.15) is 0 Å². The minimum absolute atomic E-state index is 0.143. The molecule has 0 aliphatic carbocycles. The van der Waals surface area contributed by atoms with E-state index in [0.29, 0.717) is 0 Å². The third kappa shape index (κ3) is 4.15. The highest BCUT2D eigenvalue weighted by atomic mass is 35.5. The zero-order chi connectivity index (χ0) is 14.6. The summed E-state index contributed by atoms with van der Waals surface area (Å²) in [6, 6.07) is 3.24. The Kier molecular flexibility index (Phi) is 5.27. The van der Waals surface area contributed by atoms with E-state index in [-0.39, 0.29) is 10.6 Å². The van der Waals surface area contributed by atoms with Crippen molar-refractivity contribution in [3.63, 3.8) is 0 Å². The molecule has 0 aliphatic heterocycles. The lowest BCUT2D eigenvalue weighted by Gasteiger charge is -2.11. The summed E-state index contributed by atoms with van der Waals surface area (Å²) in [6.07, 6.45) is -1.25. The molecule has 0 heterocycles. The van der Waals surface area contributed by atoms with Gasteiger partial charge in [0, 0.05) is 6.54 Å². The van der Waals surface area contributed by atoms with Gasteiger partial charge < -0.3 is 15.3 Å². The zero-order valence-electron chi connectivity index (χ0n) is 9.58. The molecule has 1 rings (SSSR count). The first-order valence-electron chi connectivity index (χ1n) is 5.09. The van der Waals surface area contributed by atoms with Crippen molar-refractivity contribution in [3.8, 4) is 0 Å². The van der Waals surface area contributed by atoms with Crippen LogP contribution in [0.1, 0.15) is 10.4 Å². The summed E-state index contributed by atoms with van der Waals surface area (Å²) in [7, 11) is -4.07. The summed E-state index contributed by atoms with van der Waals surface area (Å²) >= 11 is 5.71. The second-order valence-electron chi connectivity index (χ2n) is 3.64. The van der Waals surface area contributed by atoms with Crippen LogP contribution in [0.25, 0.3) is 0 Å². The van der Waals surface area contributed by atoms with E-state index in [9.17, 15) is 13.2 Å². The third-order valence-electron chi connectivity index (χ3n) is 2.19. The van der Waals surface area contributed by atoms with Crippen LogP contribution in [0.4, 0.5) is 0 Å². The molecular formula is C10H12ClNO6S. The Morgan fingerprint density at radius 3 is 2.58 bits per heavy atom. The Morgan fingerprint density at radius 1 is 1.42 bits per heavy atom. The molecule has 0 fully saturated rings. The van der Waals surface area contributed by atoms with E-state index in [1.165, 1.54) is 6.07 Å². The van der Waals surface area contributed by atoms with Crippen molar-refractivity contribution < 1.29 is 28.5 Å². The lowest BCUT2D eigenvalue weighted by atomic mass is 10.2. The van der Waals surface area contributed by atoms with Crippen LogP contribution in [0.2, 0.25) is 5.02 Å². The van der Waals surface area contributed by atoms with Crippen molar-refractivity contribution >= 4 is 27.6 Å². The van der Waals surface area contributed by atoms with E-state index in [1.54, 1.807) is 0 Å². The monoisotopic (exact) mass is 309 g/mol. The number of benzene rings is 1. The van der Waals surface area contributed by atoms with Gasteiger partial charge in [0.2, 0.25) is 10.0 Å². The van der Waals surface area contributed by atoms with E-state index in [2.05, 4.69) is 0 Å². The van der Waals surface area contributed by atoms with Crippen molar-refractivity contribution in [1.82, 2.24) is 4.72 Å². The molecular weight excluding hydrogens is 298 g/mol. The van der Waals surface area contributed by atoms with Gasteiger partial charge in [-0.1, -0.05) is 11.6 Å². The van der Waals surface area contributed by atoms with Crippen LogP contribution >= 0.6 is 11.6 Å². The molecule has 1 atom stereocenters. The fraction of sp³-hybridized carbons (Fsp3) is 0.300. The zero-order valence-corrected chi connectivity index (χ0v) is 11.1. The summed E-state index contributed by atoms with van der Waals surface area (Å²) in [6.45, 7) is -1.02. The number of carboxylic acid groups (broad SMARTS) is 1. The highest BCUT2D eigenvalue weighted by Crippen LogP contribution is 2.22. The number of aliphatic hydroxyl groups excluding tert-OH is 2. The highest BCUT2D eigenvalue weighted by Gasteiger charge is 2.20. The molecule has 0 radical (unpaired) electrons. The van der Waals surface area contributed by atoms with Crippen LogP contribution in [0.5, 0.6) is 0 Å². The van der Waals surface area contributed by atoms with Crippen molar-refractivity contribution in [3.05, 3.63) is 28.8 Å². The smallest absolute Gasteiger partial charge is 0.335 e. The number of rotatable bonds is 6. The normalized spacial score (nSPS) is 13.2. The van der Waals surface area contributed by atoms with Crippen LogP contribution in [0.15, 0.2) is 23.1 Å². The maximum atomic E-state index is 11.9. The molecule has 7 nitrogen and oxygen atoms in total. The Bertz CT molecular complexity index is 573. The van der Waals surface area contributed by atoms with Crippen molar-refractivity contribution in [2.45, 2.75) is 11.0 Å². The van der Waals surface area contributed by atoms with E-state index >= 15 is 0 Å². The number of sulfonamides is 1. The van der Waals surface area contributed by atoms with Gasteiger partial charge in [0.05, 0.1) is 23.3 Å². The third-order valence-corrected chi connectivity index (χ3v) is 4.09. The van der Waals surface area contributed by atoms with E-state index < -0.39 is 40.1 Å². The first-order chi connectivity index (χ1) is 8.77. The number of hydrogen-bond acceptors (Lipinski definition) is 5. The summed E-state index contributed by atoms with van der Waals surface area (Å²) < 4.78 is 25.8. The highest BCUT2D eigenvalue weighted by molar-refractivity contribution is 7.89. The maximum Gasteiger partial charge on any atom is 0.335 e. The SMILES string of the molecule is O=C(O)c1ccc(Cl)c(S(=O)(=O)NCC(O)CO)c1. The van der Waals surface area contributed by atoms with Gasteiger partial charge in [0.1, 0.15) is 4.90 Å². The second-order valence-corrected chi connectivity index (χ2v) is 5.78. The average molecular weight is 310 g/mol. The largest absolute Gasteiger partial charge is 0.478 e. The number of aliphatic hydroxyl groups is 2. The van der Waals surface area contributed by atoms with Gasteiger partial charge >= 0.3 is 5.97 Å². The number of aromatic carboxylic acids is 1. The summed E-state index contributed by atoms with van der Waals surface area (Å²) in [4.78, 5) is 10.4. The molecule has 0 aromatic heterocycles. The van der Waals surface area contributed by atoms with E-state index in [4.69, 9.17) is 26.9 Å². The van der Waals surface area contributed by atoms with Crippen LogP contribution in [0.3, 0.4) is 0 Å². The van der Waals surface area contributed by atoms with Gasteiger partial charge in [-0.3, -0.25) is 0 Å². The predicted molar refractivity (Wildman–Crippen MR) is 66.7 cm³/mol. The summed E-state index contributed by atoms with van der Waals surface area (Å²) in [5, 5.41) is 26.3. The molecule has 0 amide bonds. The first kappa shape index (κ1) is 15.9. The lowest BCUT2D eigenvalue weighted by Crippen LogP contribution is -2.34. The quantitative estimate of drug-likeness (QED) is 0.570. The molecule has 0 saturated carbocycles. The topological polar surface area (TPSA) is 124 Å². The maximum absolute atomic E-state index is 11.9. The molecule has 1 aromatic carbocycles. The number of nitrogens with one attached hydrogen (secondary N) is 1. The molecule has 0 saturated heterocycles. The van der Waals surface area contributed by atoms with Crippen molar-refractivity contribution in [2.75, 3.05) is 13.2 Å². The fourth-order valence-electron chi connectivity index (χ4n) is 1.19. The summed E-state index contributed by atoms with van der Waals surface area (Å²) in [5.74, 6) is -1.29. The number of carbonyl (C=O) groups is 1. The van der Waals surface area contributed by atoms with Gasteiger partial charge in [-0.15, -0.1) is 0 Å². The van der Waals surface area contributed by atoms with Crippen LogP contribution in [-0.2, 0) is 10.0 Å². The van der Waals surface area contributed by atoms with Crippen molar-refractivity contribution in [1.29, 1.82) is 0 Å². The number of carboxylic acids is 1. The fourth-order valence-corrected chi connectivity index (χ4v) is 2.79. The molecule has 9 heteroatoms. The second kappa shape index (κ2) is 6.31. The first-order valence-corrected chi connectivity index (χ1v) is 6.95. The molecule has 19 heavy (non-hydrogen) atoms. The molecule has 0 aliphatic rings. The van der Waals surface area contributed by atoms with Gasteiger partial charge in [0.25, 0.3) is 0 Å². The Hall–Kier alpha value is -1.19. The standard InChI is InChI=1S/C10H12ClNO6S/c11-8-2-1-6(10(15)16)3-9(8)19(17,18)12-4-7(14)5-13/h1-3,7,12-14H,4-5H2,(H,15,16). The Balaban J connectivity index is 3.06. The molecule has 0 bridgehead atoms. The predicted octanol–water partition coefficient (Wildman–Crippen LogP) is -0.330. The Morgan fingerprint density at radius 2 is 2.05 bits per heavy atom.